The highest BCUT2D eigenvalue weighted by molar-refractivity contribution is 5.97. The van der Waals surface area contributed by atoms with Crippen molar-refractivity contribution in [1.29, 1.82) is 0 Å². The molecule has 0 radical (unpaired) electrons. The molecule has 0 bridgehead atoms. The van der Waals surface area contributed by atoms with Crippen LogP contribution in [-0.4, -0.2) is 15.6 Å². The first-order valence-corrected chi connectivity index (χ1v) is 8.29. The minimum Gasteiger partial charge on any atom is -0.493 e. The van der Waals surface area contributed by atoms with Gasteiger partial charge in [0.05, 0.1) is 17.3 Å². The van der Waals surface area contributed by atoms with E-state index in [2.05, 4.69) is 24.1 Å². The number of aromatic hydroxyl groups is 1. The topological polar surface area (TPSA) is 80.1 Å². The molecule has 2 aromatic heterocycles. The Morgan fingerprint density at radius 3 is 2.72 bits per heavy atom. The van der Waals surface area contributed by atoms with E-state index in [9.17, 15) is 9.90 Å². The van der Waals surface area contributed by atoms with Crippen molar-refractivity contribution >= 4 is 22.5 Å². The maximum atomic E-state index is 12.2. The largest absolute Gasteiger partial charge is 0.493 e. The average Bonchev–Trinajstić information content (AvgIpc) is 3.12. The van der Waals surface area contributed by atoms with Gasteiger partial charge in [-0.1, -0.05) is 32.0 Å². The molecule has 130 valence electrons. The second-order valence-electron chi connectivity index (χ2n) is 6.42. The van der Waals surface area contributed by atoms with Crippen molar-refractivity contribution in [3.05, 3.63) is 47.9 Å². The highest BCUT2D eigenvalue weighted by Gasteiger charge is 2.17. The van der Waals surface area contributed by atoms with Crippen LogP contribution in [0.3, 0.4) is 0 Å². The van der Waals surface area contributed by atoms with Crippen LogP contribution in [0.5, 0.6) is 5.88 Å². The van der Waals surface area contributed by atoms with E-state index in [1.165, 1.54) is 6.26 Å². The van der Waals surface area contributed by atoms with E-state index >= 15 is 0 Å². The van der Waals surface area contributed by atoms with Crippen LogP contribution < -0.4 is 0 Å². The lowest BCUT2D eigenvalue weighted by Crippen LogP contribution is -2.00. The molecule has 6 nitrogen and oxygen atoms in total. The summed E-state index contributed by atoms with van der Waals surface area (Å²) in [7, 11) is 0. The number of aromatic nitrogens is 1. The standard InChI is InChI=1S/C19H21N3O3/c1-12(2)8-10-22-16-7-5-4-6-15(16)17(19(22)24)20-21-18(23)14-9-11-25-13(14)3/h4-7,9,11-12,24H,8,10H2,1-3H3. The highest BCUT2D eigenvalue weighted by Crippen LogP contribution is 2.39. The molecule has 1 N–H and O–H groups in total. The summed E-state index contributed by atoms with van der Waals surface area (Å²) in [4.78, 5) is 12.2. The van der Waals surface area contributed by atoms with E-state index in [0.29, 0.717) is 29.5 Å². The summed E-state index contributed by atoms with van der Waals surface area (Å²) in [5.41, 5.74) is 1.56. The number of nitrogens with zero attached hydrogens (tertiary/aromatic N) is 3. The van der Waals surface area contributed by atoms with Crippen LogP contribution in [0.4, 0.5) is 5.69 Å². The van der Waals surface area contributed by atoms with Crippen LogP contribution in [0.15, 0.2) is 51.2 Å². The zero-order valence-electron chi connectivity index (χ0n) is 14.6. The Labute approximate surface area is 145 Å². The van der Waals surface area contributed by atoms with E-state index in [1.54, 1.807) is 13.0 Å². The van der Waals surface area contributed by atoms with Gasteiger partial charge in [-0.2, -0.15) is 0 Å². The smallest absolute Gasteiger partial charge is 0.298 e. The number of aryl methyl sites for hydroxylation is 2. The van der Waals surface area contributed by atoms with Gasteiger partial charge < -0.3 is 14.1 Å². The first-order valence-electron chi connectivity index (χ1n) is 8.29. The van der Waals surface area contributed by atoms with Crippen LogP contribution in [0.2, 0.25) is 0 Å². The van der Waals surface area contributed by atoms with Crippen molar-refractivity contribution in [1.82, 2.24) is 4.57 Å². The normalized spacial score (nSPS) is 11.8. The monoisotopic (exact) mass is 339 g/mol. The maximum absolute atomic E-state index is 12.2. The van der Waals surface area contributed by atoms with E-state index in [-0.39, 0.29) is 5.88 Å². The Bertz CT molecular complexity index is 935. The molecule has 0 aliphatic rings. The predicted octanol–water partition coefficient (Wildman–Crippen LogP) is 5.22. The summed E-state index contributed by atoms with van der Waals surface area (Å²) in [6.45, 7) is 6.64. The lowest BCUT2D eigenvalue weighted by atomic mass is 10.1. The first-order chi connectivity index (χ1) is 12.0. The molecule has 0 atom stereocenters. The second kappa shape index (κ2) is 6.93. The Balaban J connectivity index is 1.98. The number of hydrogen-bond acceptors (Lipinski definition) is 4. The van der Waals surface area contributed by atoms with Gasteiger partial charge in [-0.3, -0.25) is 4.79 Å². The van der Waals surface area contributed by atoms with Crippen LogP contribution in [0.25, 0.3) is 10.9 Å². The number of azo groups is 1. The van der Waals surface area contributed by atoms with Gasteiger partial charge in [0, 0.05) is 11.9 Å². The third kappa shape index (κ3) is 3.33. The molecule has 1 amide bonds. The molecule has 0 saturated carbocycles. The fraction of sp³-hybridized carbons (Fsp3) is 0.316. The number of furan rings is 1. The van der Waals surface area contributed by atoms with Gasteiger partial charge in [0.1, 0.15) is 5.76 Å². The molecule has 0 aliphatic carbocycles. The van der Waals surface area contributed by atoms with Gasteiger partial charge >= 0.3 is 0 Å². The van der Waals surface area contributed by atoms with Gasteiger partial charge in [0.2, 0.25) is 5.88 Å². The highest BCUT2D eigenvalue weighted by atomic mass is 16.3. The lowest BCUT2D eigenvalue weighted by molar-refractivity contribution is 0.0993. The summed E-state index contributed by atoms with van der Waals surface area (Å²) in [6.07, 6.45) is 2.36. The van der Waals surface area contributed by atoms with Crippen molar-refractivity contribution in [2.75, 3.05) is 0 Å². The summed E-state index contributed by atoms with van der Waals surface area (Å²) in [6, 6.07) is 9.13. The average molecular weight is 339 g/mol. The molecule has 0 aliphatic heterocycles. The van der Waals surface area contributed by atoms with Crippen molar-refractivity contribution in [2.45, 2.75) is 33.7 Å². The molecule has 2 heterocycles. The number of benzene rings is 1. The Morgan fingerprint density at radius 2 is 2.04 bits per heavy atom. The zero-order valence-corrected chi connectivity index (χ0v) is 14.6. The fourth-order valence-corrected chi connectivity index (χ4v) is 2.74. The first kappa shape index (κ1) is 17.0. The number of carbonyl (C=O) groups excluding carboxylic acids is 1. The lowest BCUT2D eigenvalue weighted by Gasteiger charge is -2.08. The van der Waals surface area contributed by atoms with Gasteiger partial charge in [-0.05, 0) is 31.4 Å². The molecule has 6 heteroatoms. The number of fused-ring (bicyclic) bond motifs is 1. The molecule has 3 rings (SSSR count). The maximum Gasteiger partial charge on any atom is 0.298 e. The predicted molar refractivity (Wildman–Crippen MR) is 95.3 cm³/mol. The van der Waals surface area contributed by atoms with E-state index in [1.807, 2.05) is 28.8 Å². The number of para-hydroxylation sites is 1. The third-order valence-corrected chi connectivity index (χ3v) is 4.18. The number of amides is 1. The number of rotatable bonds is 5. The fourth-order valence-electron chi connectivity index (χ4n) is 2.74. The van der Waals surface area contributed by atoms with Crippen molar-refractivity contribution in [3.8, 4) is 5.88 Å². The third-order valence-electron chi connectivity index (χ3n) is 4.18. The minimum atomic E-state index is -0.496. The van der Waals surface area contributed by atoms with Gasteiger partial charge in [0.15, 0.2) is 5.69 Å². The van der Waals surface area contributed by atoms with Crippen LogP contribution >= 0.6 is 0 Å². The molecular weight excluding hydrogens is 318 g/mol. The molecule has 3 aromatic rings. The second-order valence-corrected chi connectivity index (χ2v) is 6.42. The quantitative estimate of drug-likeness (QED) is 0.647. The molecule has 0 saturated heterocycles. The van der Waals surface area contributed by atoms with Crippen LogP contribution in [-0.2, 0) is 6.54 Å². The SMILES string of the molecule is Cc1occc1C(=O)N=Nc1c(O)n(CCC(C)C)c2ccccc12. The van der Waals surface area contributed by atoms with Crippen LogP contribution in [0.1, 0.15) is 36.4 Å². The summed E-state index contributed by atoms with van der Waals surface area (Å²) in [5, 5.41) is 19.2. The number of hydrogen-bond donors (Lipinski definition) is 1. The molecule has 0 spiro atoms. The Kier molecular flexibility index (Phi) is 4.70. The van der Waals surface area contributed by atoms with E-state index in [4.69, 9.17) is 4.42 Å². The van der Waals surface area contributed by atoms with Crippen molar-refractivity contribution in [3.63, 3.8) is 0 Å². The summed E-state index contributed by atoms with van der Waals surface area (Å²) in [5.74, 6) is 0.538. The van der Waals surface area contributed by atoms with Crippen molar-refractivity contribution < 1.29 is 14.3 Å². The Hall–Kier alpha value is -2.89. The molecule has 25 heavy (non-hydrogen) atoms. The Morgan fingerprint density at radius 1 is 1.28 bits per heavy atom. The molecule has 0 fully saturated rings. The minimum absolute atomic E-state index is 0.0299. The zero-order chi connectivity index (χ0) is 18.0. The van der Waals surface area contributed by atoms with E-state index < -0.39 is 5.91 Å². The molecule has 0 unspecified atom stereocenters. The van der Waals surface area contributed by atoms with E-state index in [0.717, 1.165) is 17.3 Å². The molecule has 1 aromatic carbocycles. The van der Waals surface area contributed by atoms with Crippen LogP contribution in [0, 0.1) is 12.8 Å². The summed E-state index contributed by atoms with van der Waals surface area (Å²) >= 11 is 0. The van der Waals surface area contributed by atoms with Crippen molar-refractivity contribution in [2.24, 2.45) is 16.1 Å². The van der Waals surface area contributed by atoms with Gasteiger partial charge in [-0.15, -0.1) is 10.2 Å². The molecular formula is C19H21N3O3. The summed E-state index contributed by atoms with van der Waals surface area (Å²) < 4.78 is 6.93. The number of carbonyl (C=O) groups is 1. The van der Waals surface area contributed by atoms with Gasteiger partial charge in [-0.25, -0.2) is 0 Å². The van der Waals surface area contributed by atoms with Gasteiger partial charge in [0.25, 0.3) is 5.91 Å².